The molecule has 2 aromatic heterocycles. The molecule has 6 rings (SSSR count). The maximum Gasteiger partial charge on any atom is 0.261 e. The van der Waals surface area contributed by atoms with Crippen LogP contribution in [0.3, 0.4) is 0 Å². The predicted octanol–water partition coefficient (Wildman–Crippen LogP) is 1.54. The lowest BCUT2D eigenvalue weighted by molar-refractivity contribution is -0.183. The summed E-state index contributed by atoms with van der Waals surface area (Å²) in [6.07, 6.45) is 5.33. The maximum absolute atomic E-state index is 13.3. The Kier molecular flexibility index (Phi) is 5.80. The van der Waals surface area contributed by atoms with Crippen molar-refractivity contribution in [2.24, 2.45) is 0 Å². The average Bonchev–Trinajstić information content (AvgIpc) is 3.46. The van der Waals surface area contributed by atoms with E-state index in [1.807, 2.05) is 12.1 Å². The number of benzene rings is 1. The minimum Gasteiger partial charge on any atom is -0.378 e. The first-order valence-electron chi connectivity index (χ1n) is 11.8. The molecular weight excluding hydrogens is 452 g/mol. The molecule has 0 radical (unpaired) electrons. The van der Waals surface area contributed by atoms with Crippen LogP contribution in [0.1, 0.15) is 32.7 Å². The van der Waals surface area contributed by atoms with Gasteiger partial charge in [0.05, 0.1) is 50.5 Å². The number of ether oxygens (including phenoxy) is 3. The van der Waals surface area contributed by atoms with Gasteiger partial charge in [-0.15, -0.1) is 0 Å². The molecule has 0 unspecified atom stereocenters. The van der Waals surface area contributed by atoms with E-state index in [0.29, 0.717) is 75.1 Å². The molecule has 1 N–H and O–H groups in total. The molecule has 11 nitrogen and oxygen atoms in total. The van der Waals surface area contributed by atoms with E-state index >= 15 is 0 Å². The van der Waals surface area contributed by atoms with Crippen LogP contribution in [0.5, 0.6) is 0 Å². The first-order valence-corrected chi connectivity index (χ1v) is 11.8. The fourth-order valence-corrected chi connectivity index (χ4v) is 4.72. The van der Waals surface area contributed by atoms with Crippen molar-refractivity contribution in [3.05, 3.63) is 53.5 Å². The number of hydrogen-bond donors (Lipinski definition) is 1. The highest BCUT2D eigenvalue weighted by Gasteiger charge is 2.33. The number of amides is 2. The monoisotopic (exact) mass is 478 g/mol. The van der Waals surface area contributed by atoms with Crippen molar-refractivity contribution < 1.29 is 23.8 Å². The minimum atomic E-state index is -0.414. The van der Waals surface area contributed by atoms with Gasteiger partial charge in [0.25, 0.3) is 11.8 Å². The van der Waals surface area contributed by atoms with Gasteiger partial charge < -0.3 is 29.3 Å². The third-order valence-corrected chi connectivity index (χ3v) is 6.49. The summed E-state index contributed by atoms with van der Waals surface area (Å²) in [6.45, 7) is 4.57. The van der Waals surface area contributed by atoms with Crippen molar-refractivity contribution >= 4 is 28.8 Å². The Morgan fingerprint density at radius 2 is 1.97 bits per heavy atom. The van der Waals surface area contributed by atoms with Gasteiger partial charge in [-0.05, 0) is 30.2 Å². The van der Waals surface area contributed by atoms with Gasteiger partial charge in [0, 0.05) is 37.6 Å². The molecule has 1 aromatic carbocycles. The molecule has 0 atom stereocenters. The van der Waals surface area contributed by atoms with Gasteiger partial charge in [0.15, 0.2) is 11.9 Å². The summed E-state index contributed by atoms with van der Waals surface area (Å²) in [5.41, 5.74) is 3.79. The molecule has 0 aliphatic carbocycles. The van der Waals surface area contributed by atoms with Gasteiger partial charge in [0.2, 0.25) is 0 Å². The van der Waals surface area contributed by atoms with Gasteiger partial charge in [0.1, 0.15) is 5.56 Å². The summed E-state index contributed by atoms with van der Waals surface area (Å²) < 4.78 is 18.4. The highest BCUT2D eigenvalue weighted by Crippen LogP contribution is 2.35. The highest BCUT2D eigenvalue weighted by molar-refractivity contribution is 6.10. The van der Waals surface area contributed by atoms with Crippen molar-refractivity contribution in [3.63, 3.8) is 0 Å². The van der Waals surface area contributed by atoms with Crippen molar-refractivity contribution in [1.82, 2.24) is 19.5 Å². The zero-order chi connectivity index (χ0) is 23.8. The van der Waals surface area contributed by atoms with Gasteiger partial charge in [-0.3, -0.25) is 9.59 Å². The van der Waals surface area contributed by atoms with Crippen molar-refractivity contribution in [1.29, 1.82) is 0 Å². The van der Waals surface area contributed by atoms with E-state index in [2.05, 4.69) is 20.3 Å². The van der Waals surface area contributed by atoms with Crippen LogP contribution < -0.4 is 10.2 Å². The number of hydrogen-bond acceptors (Lipinski definition) is 8. The zero-order valence-electron chi connectivity index (χ0n) is 19.2. The molecule has 35 heavy (non-hydrogen) atoms. The first kappa shape index (κ1) is 22.0. The summed E-state index contributed by atoms with van der Waals surface area (Å²) in [5, 5.41) is 7.27. The standard InChI is InChI=1S/C24H26N6O5/c31-23(18-13-26-30-4-1-3-25-22(18)30)27-19-11-16-14-29(15-21-34-7-2-8-35-21)24(32)17(16)12-20(19)28-5-9-33-10-6-28/h1,3-4,11-13,21H,2,5-10,14-15H2,(H,27,31). The van der Waals surface area contributed by atoms with Crippen molar-refractivity contribution in [2.45, 2.75) is 19.3 Å². The highest BCUT2D eigenvalue weighted by atomic mass is 16.7. The molecule has 0 saturated carbocycles. The van der Waals surface area contributed by atoms with Crippen LogP contribution in [-0.4, -0.2) is 83.7 Å². The fourth-order valence-electron chi connectivity index (χ4n) is 4.72. The largest absolute Gasteiger partial charge is 0.378 e. The molecule has 2 saturated heterocycles. The topological polar surface area (TPSA) is 111 Å². The Balaban J connectivity index is 1.31. The molecule has 3 aromatic rings. The number of nitrogens with zero attached hydrogens (tertiary/aromatic N) is 5. The Morgan fingerprint density at radius 3 is 2.80 bits per heavy atom. The number of rotatable bonds is 5. The first-order chi connectivity index (χ1) is 17.2. The molecule has 3 aliphatic rings. The number of carbonyl (C=O) groups is 2. The summed E-state index contributed by atoms with van der Waals surface area (Å²) in [7, 11) is 0. The van der Waals surface area contributed by atoms with Crippen LogP contribution in [0.15, 0.2) is 36.8 Å². The SMILES string of the molecule is O=C(Nc1cc2c(cc1N1CCOCC1)C(=O)N(CC1OCCCO1)C2)c1cnn2cccnc12. The van der Waals surface area contributed by atoms with Crippen molar-refractivity contribution in [2.75, 3.05) is 56.3 Å². The lowest BCUT2D eigenvalue weighted by Gasteiger charge is -2.31. The second kappa shape index (κ2) is 9.25. The molecule has 3 aliphatic heterocycles. The van der Waals surface area contributed by atoms with Gasteiger partial charge in [-0.2, -0.15) is 5.10 Å². The van der Waals surface area contributed by atoms with E-state index in [-0.39, 0.29) is 11.8 Å². The third-order valence-electron chi connectivity index (χ3n) is 6.49. The molecule has 182 valence electrons. The summed E-state index contributed by atoms with van der Waals surface area (Å²) in [6, 6.07) is 5.54. The van der Waals surface area contributed by atoms with Gasteiger partial charge >= 0.3 is 0 Å². The number of fused-ring (bicyclic) bond motifs is 2. The van der Waals surface area contributed by atoms with Crippen LogP contribution in [0.25, 0.3) is 5.65 Å². The lowest BCUT2D eigenvalue weighted by atomic mass is 10.1. The Morgan fingerprint density at radius 1 is 1.14 bits per heavy atom. The van der Waals surface area contributed by atoms with E-state index in [1.165, 1.54) is 6.20 Å². The van der Waals surface area contributed by atoms with Gasteiger partial charge in [-0.1, -0.05) is 0 Å². The minimum absolute atomic E-state index is 0.0583. The predicted molar refractivity (Wildman–Crippen MR) is 125 cm³/mol. The van der Waals surface area contributed by atoms with E-state index in [9.17, 15) is 9.59 Å². The molecule has 2 amide bonds. The molecule has 2 fully saturated rings. The van der Waals surface area contributed by atoms with Crippen LogP contribution in [0, 0.1) is 0 Å². The van der Waals surface area contributed by atoms with Crippen molar-refractivity contribution in [3.8, 4) is 0 Å². The molecule has 11 heteroatoms. The van der Waals surface area contributed by atoms with Gasteiger partial charge in [-0.25, -0.2) is 9.50 Å². The zero-order valence-corrected chi connectivity index (χ0v) is 19.2. The van der Waals surface area contributed by atoms with Crippen LogP contribution >= 0.6 is 0 Å². The van der Waals surface area contributed by atoms with E-state index in [0.717, 1.165) is 17.7 Å². The molecular formula is C24H26N6O5. The number of anilines is 2. The quantitative estimate of drug-likeness (QED) is 0.588. The smallest absolute Gasteiger partial charge is 0.261 e. The number of morpholine rings is 1. The normalized spacial score (nSPS) is 18.8. The molecule has 0 spiro atoms. The number of carbonyl (C=O) groups excluding carboxylic acids is 2. The second-order valence-electron chi connectivity index (χ2n) is 8.74. The second-order valence-corrected chi connectivity index (χ2v) is 8.74. The Labute approximate surface area is 201 Å². The van der Waals surface area contributed by atoms with Crippen LogP contribution in [0.4, 0.5) is 11.4 Å². The summed E-state index contributed by atoms with van der Waals surface area (Å²) in [5.74, 6) is -0.365. The third kappa shape index (κ3) is 4.22. The fraction of sp³-hybridized carbons (Fsp3) is 0.417. The number of aromatic nitrogens is 3. The maximum atomic E-state index is 13.3. The number of nitrogens with one attached hydrogen (secondary N) is 1. The van der Waals surface area contributed by atoms with E-state index in [1.54, 1.807) is 27.9 Å². The Bertz CT molecular complexity index is 1260. The van der Waals surface area contributed by atoms with E-state index in [4.69, 9.17) is 14.2 Å². The lowest BCUT2D eigenvalue weighted by Crippen LogP contribution is -2.38. The summed E-state index contributed by atoms with van der Waals surface area (Å²) >= 11 is 0. The summed E-state index contributed by atoms with van der Waals surface area (Å²) in [4.78, 5) is 34.7. The molecule has 0 bridgehead atoms. The Hall–Kier alpha value is -3.54. The van der Waals surface area contributed by atoms with Crippen LogP contribution in [-0.2, 0) is 20.8 Å². The van der Waals surface area contributed by atoms with E-state index < -0.39 is 6.29 Å². The average molecular weight is 479 g/mol. The molecule has 5 heterocycles. The van der Waals surface area contributed by atoms with Crippen LogP contribution in [0.2, 0.25) is 0 Å².